The number of carbonyl (C=O) groups is 3. The third-order valence-electron chi connectivity index (χ3n) is 7.09. The minimum absolute atomic E-state index is 0.270. The molecule has 6 rings (SSSR count). The highest BCUT2D eigenvalue weighted by Crippen LogP contribution is 2.47. The Balaban J connectivity index is 1.41. The van der Waals surface area contributed by atoms with Crippen molar-refractivity contribution < 1.29 is 27.9 Å². The number of esters is 1. The van der Waals surface area contributed by atoms with E-state index in [2.05, 4.69) is 0 Å². The van der Waals surface area contributed by atoms with E-state index in [1.807, 2.05) is 12.1 Å². The van der Waals surface area contributed by atoms with Crippen molar-refractivity contribution in [3.63, 3.8) is 0 Å². The molecule has 0 spiro atoms. The average molecular weight is 531 g/mol. The summed E-state index contributed by atoms with van der Waals surface area (Å²) in [5.41, 5.74) is 2.44. The summed E-state index contributed by atoms with van der Waals surface area (Å²) < 4.78 is 32.7. The Morgan fingerprint density at radius 2 is 0.900 bits per heavy atom. The molecule has 5 aromatic carbocycles. The van der Waals surface area contributed by atoms with Crippen LogP contribution in [0, 0.1) is 11.6 Å². The molecular weight excluding hydrogens is 510 g/mol. The molecule has 40 heavy (non-hydrogen) atoms. The molecule has 0 saturated heterocycles. The van der Waals surface area contributed by atoms with Gasteiger partial charge in [-0.25, -0.2) is 13.6 Å². The van der Waals surface area contributed by atoms with Crippen LogP contribution in [0.5, 0.6) is 0 Å². The molecule has 1 aliphatic rings. The quantitative estimate of drug-likeness (QED) is 0.177. The van der Waals surface area contributed by atoms with Crippen molar-refractivity contribution in [1.82, 2.24) is 0 Å². The molecule has 6 heteroatoms. The Morgan fingerprint density at radius 3 is 1.32 bits per heavy atom. The third kappa shape index (κ3) is 4.20. The lowest BCUT2D eigenvalue weighted by atomic mass is 9.79. The number of cyclic esters (lactones) is 1. The largest absolute Gasteiger partial charge is 0.441 e. The second kappa shape index (κ2) is 9.82. The van der Waals surface area contributed by atoms with Crippen molar-refractivity contribution in [2.75, 3.05) is 0 Å². The number of carbonyl (C=O) groups excluding carboxylic acids is 3. The van der Waals surface area contributed by atoms with E-state index in [9.17, 15) is 23.2 Å². The number of hydrogen-bond acceptors (Lipinski definition) is 4. The smallest absolute Gasteiger partial charge is 0.340 e. The monoisotopic (exact) mass is 530 g/mol. The Labute approximate surface area is 228 Å². The van der Waals surface area contributed by atoms with Gasteiger partial charge in [0.2, 0.25) is 0 Å². The van der Waals surface area contributed by atoms with E-state index in [4.69, 9.17) is 4.74 Å². The molecule has 0 aromatic heterocycles. The Kier molecular flexibility index (Phi) is 6.15. The molecular formula is C34H20F2O4. The molecule has 4 nitrogen and oxygen atoms in total. The van der Waals surface area contributed by atoms with Gasteiger partial charge in [-0.1, -0.05) is 66.7 Å². The standard InChI is InChI=1S/C34H20F2O4/c35-27-17-9-23(10-18-27)31(37)21-5-13-25(14-6-21)34(30-4-2-1-3-29(30)33(39)40-34)26-15-7-22(8-16-26)32(38)24-11-19-28(36)20-12-24/h1-20H. The van der Waals surface area contributed by atoms with Gasteiger partial charge in [-0.3, -0.25) is 9.59 Å². The molecule has 0 N–H and O–H groups in total. The maximum Gasteiger partial charge on any atom is 0.340 e. The van der Waals surface area contributed by atoms with Crippen LogP contribution in [0.1, 0.15) is 58.9 Å². The van der Waals surface area contributed by atoms with Gasteiger partial charge in [0, 0.05) is 38.9 Å². The SMILES string of the molecule is O=C(c1ccc(F)cc1)c1ccc(C2(c3ccc(C(=O)c4ccc(F)cc4)cc3)OC(=O)c3ccccc32)cc1. The van der Waals surface area contributed by atoms with E-state index in [1.165, 1.54) is 48.5 Å². The number of ether oxygens (including phenoxy) is 1. The topological polar surface area (TPSA) is 60.4 Å². The lowest BCUT2D eigenvalue weighted by Gasteiger charge is -2.30. The highest BCUT2D eigenvalue weighted by molar-refractivity contribution is 6.09. The average Bonchev–Trinajstić information content (AvgIpc) is 3.30. The molecule has 1 aliphatic heterocycles. The molecule has 194 valence electrons. The van der Waals surface area contributed by atoms with Crippen molar-refractivity contribution in [2.45, 2.75) is 5.60 Å². The van der Waals surface area contributed by atoms with Gasteiger partial charge in [-0.15, -0.1) is 0 Å². The van der Waals surface area contributed by atoms with E-state index in [1.54, 1.807) is 60.7 Å². The van der Waals surface area contributed by atoms with Crippen LogP contribution in [0.3, 0.4) is 0 Å². The first-order valence-electron chi connectivity index (χ1n) is 12.5. The van der Waals surface area contributed by atoms with Crippen molar-refractivity contribution in [1.29, 1.82) is 0 Å². The van der Waals surface area contributed by atoms with Gasteiger partial charge in [0.25, 0.3) is 0 Å². The van der Waals surface area contributed by atoms with E-state index in [0.717, 1.165) is 0 Å². The zero-order valence-electron chi connectivity index (χ0n) is 20.9. The summed E-state index contributed by atoms with van der Waals surface area (Å²) >= 11 is 0. The molecule has 0 unspecified atom stereocenters. The predicted octanol–water partition coefficient (Wildman–Crippen LogP) is 6.89. The second-order valence-electron chi connectivity index (χ2n) is 9.44. The zero-order valence-corrected chi connectivity index (χ0v) is 20.9. The normalized spacial score (nSPS) is 13.4. The number of hydrogen-bond donors (Lipinski definition) is 0. The summed E-state index contributed by atoms with van der Waals surface area (Å²) in [4.78, 5) is 38.9. The number of fused-ring (bicyclic) bond motifs is 1. The molecule has 1 heterocycles. The lowest BCUT2D eigenvalue weighted by Crippen LogP contribution is -2.29. The van der Waals surface area contributed by atoms with Crippen LogP contribution in [0.25, 0.3) is 0 Å². The fourth-order valence-corrected chi connectivity index (χ4v) is 5.06. The van der Waals surface area contributed by atoms with Gasteiger partial charge in [0.15, 0.2) is 17.2 Å². The first kappa shape index (κ1) is 25.1. The van der Waals surface area contributed by atoms with Crippen LogP contribution in [0.2, 0.25) is 0 Å². The summed E-state index contributed by atoms with van der Waals surface area (Å²) in [5.74, 6) is -1.89. The maximum absolute atomic E-state index is 13.3. The number of benzene rings is 5. The van der Waals surface area contributed by atoms with Gasteiger partial charge in [-0.2, -0.15) is 0 Å². The van der Waals surface area contributed by atoms with Crippen molar-refractivity contribution in [2.24, 2.45) is 0 Å². The Hall–Kier alpha value is -5.23. The predicted molar refractivity (Wildman–Crippen MR) is 144 cm³/mol. The summed E-state index contributed by atoms with van der Waals surface area (Å²) in [6.07, 6.45) is 0. The fraction of sp³-hybridized carbons (Fsp3) is 0.0294. The van der Waals surface area contributed by atoms with Crippen molar-refractivity contribution in [3.05, 3.63) is 177 Å². The summed E-state index contributed by atoms with van der Waals surface area (Å²) in [6.45, 7) is 0. The number of ketones is 2. The van der Waals surface area contributed by atoms with Gasteiger partial charge in [-0.05, 0) is 54.6 Å². The van der Waals surface area contributed by atoms with Gasteiger partial charge >= 0.3 is 5.97 Å². The van der Waals surface area contributed by atoms with Crippen molar-refractivity contribution >= 4 is 17.5 Å². The van der Waals surface area contributed by atoms with Crippen LogP contribution in [-0.2, 0) is 10.3 Å². The van der Waals surface area contributed by atoms with Crippen LogP contribution in [0.15, 0.2) is 121 Å². The molecule has 0 bridgehead atoms. The highest BCUT2D eigenvalue weighted by Gasteiger charge is 2.48. The Morgan fingerprint density at radius 1 is 0.525 bits per heavy atom. The third-order valence-corrected chi connectivity index (χ3v) is 7.09. The molecule has 0 amide bonds. The highest BCUT2D eigenvalue weighted by atomic mass is 19.1. The maximum atomic E-state index is 13.3. The molecule has 0 fully saturated rings. The van der Waals surface area contributed by atoms with Crippen LogP contribution < -0.4 is 0 Å². The minimum Gasteiger partial charge on any atom is -0.441 e. The number of halogens is 2. The first-order chi connectivity index (χ1) is 19.4. The van der Waals surface area contributed by atoms with E-state index < -0.39 is 23.2 Å². The second-order valence-corrected chi connectivity index (χ2v) is 9.44. The number of rotatable bonds is 6. The van der Waals surface area contributed by atoms with Crippen LogP contribution in [-0.4, -0.2) is 17.5 Å². The molecule has 5 aromatic rings. The summed E-state index contributed by atoms with van der Waals surface area (Å²) in [7, 11) is 0. The minimum atomic E-state index is -1.32. The fourth-order valence-electron chi connectivity index (χ4n) is 5.06. The van der Waals surface area contributed by atoms with E-state index >= 15 is 0 Å². The molecule has 0 aliphatic carbocycles. The lowest BCUT2D eigenvalue weighted by molar-refractivity contribution is 0.0251. The summed E-state index contributed by atoms with van der Waals surface area (Å²) in [6, 6.07) is 31.2. The van der Waals surface area contributed by atoms with Crippen molar-refractivity contribution in [3.8, 4) is 0 Å². The Bertz CT molecular complexity index is 1650. The van der Waals surface area contributed by atoms with Crippen LogP contribution >= 0.6 is 0 Å². The van der Waals surface area contributed by atoms with E-state index in [0.29, 0.717) is 44.5 Å². The van der Waals surface area contributed by atoms with Gasteiger partial charge in [0.05, 0.1) is 5.56 Å². The first-order valence-corrected chi connectivity index (χ1v) is 12.5. The summed E-state index contributed by atoms with van der Waals surface area (Å²) in [5, 5.41) is 0. The zero-order chi connectivity index (χ0) is 27.9. The van der Waals surface area contributed by atoms with Gasteiger partial charge < -0.3 is 4.74 Å². The van der Waals surface area contributed by atoms with E-state index in [-0.39, 0.29) is 11.6 Å². The van der Waals surface area contributed by atoms with Gasteiger partial charge in [0.1, 0.15) is 11.6 Å². The molecule has 0 radical (unpaired) electrons. The molecule has 0 saturated carbocycles. The van der Waals surface area contributed by atoms with Crippen LogP contribution in [0.4, 0.5) is 8.78 Å². The molecule has 0 atom stereocenters.